The second kappa shape index (κ2) is 9.41. The molecule has 0 bridgehead atoms. The first-order chi connectivity index (χ1) is 11.6. The molecule has 8 heteroatoms. The highest BCUT2D eigenvalue weighted by atomic mass is 32.2. The number of hydrogen-bond acceptors (Lipinski definition) is 4. The lowest BCUT2D eigenvalue weighted by molar-refractivity contribution is -0.121. The molecule has 1 aromatic carbocycles. The number of nitrogens with zero attached hydrogens (tertiary/aromatic N) is 1. The van der Waals surface area contributed by atoms with Crippen molar-refractivity contribution in [3.8, 4) is 0 Å². The minimum absolute atomic E-state index is 0.0376. The van der Waals surface area contributed by atoms with E-state index in [0.29, 0.717) is 23.8 Å². The predicted molar refractivity (Wildman–Crippen MR) is 100 cm³/mol. The normalized spacial score (nSPS) is 11.2. The van der Waals surface area contributed by atoms with Crippen molar-refractivity contribution >= 4 is 33.2 Å². The zero-order valence-electron chi connectivity index (χ0n) is 15.2. The van der Waals surface area contributed by atoms with Crippen molar-refractivity contribution in [3.05, 3.63) is 24.3 Å². The van der Waals surface area contributed by atoms with E-state index in [0.717, 1.165) is 12.7 Å². The fraction of sp³-hybridized carbons (Fsp3) is 0.529. The molecule has 25 heavy (non-hydrogen) atoms. The van der Waals surface area contributed by atoms with Crippen LogP contribution in [0.15, 0.2) is 24.3 Å². The van der Waals surface area contributed by atoms with Gasteiger partial charge in [-0.3, -0.25) is 13.9 Å². The van der Waals surface area contributed by atoms with E-state index >= 15 is 0 Å². The van der Waals surface area contributed by atoms with E-state index in [9.17, 15) is 18.0 Å². The molecule has 1 aromatic rings. The standard InChI is InChI=1S/C17H27N3O4S/c1-13(2)8-10-18-17(22)9-11-20(25(4,23)24)16-7-5-6-15(12-16)19-14(3)21/h5-7,12-13H,8-11H2,1-4H3,(H,18,22)(H,19,21). The molecule has 1 rings (SSSR count). The van der Waals surface area contributed by atoms with Crippen LogP contribution in [0.2, 0.25) is 0 Å². The second-order valence-electron chi connectivity index (χ2n) is 6.35. The van der Waals surface area contributed by atoms with Crippen molar-refractivity contribution in [3.63, 3.8) is 0 Å². The van der Waals surface area contributed by atoms with Crippen molar-refractivity contribution in [2.45, 2.75) is 33.6 Å². The molecule has 2 N–H and O–H groups in total. The lowest BCUT2D eigenvalue weighted by Crippen LogP contribution is -2.35. The minimum Gasteiger partial charge on any atom is -0.356 e. The first kappa shape index (κ1) is 21.0. The van der Waals surface area contributed by atoms with Crippen LogP contribution in [0.25, 0.3) is 0 Å². The zero-order valence-corrected chi connectivity index (χ0v) is 16.0. The summed E-state index contributed by atoms with van der Waals surface area (Å²) < 4.78 is 25.3. The van der Waals surface area contributed by atoms with E-state index in [2.05, 4.69) is 24.5 Å². The molecule has 140 valence electrons. The summed E-state index contributed by atoms with van der Waals surface area (Å²) in [5, 5.41) is 5.41. The van der Waals surface area contributed by atoms with E-state index in [1.54, 1.807) is 24.3 Å². The van der Waals surface area contributed by atoms with Crippen molar-refractivity contribution < 1.29 is 18.0 Å². The number of anilines is 2. The third-order valence-electron chi connectivity index (χ3n) is 3.44. The zero-order chi connectivity index (χ0) is 19.0. The molecule has 7 nitrogen and oxygen atoms in total. The first-order valence-corrected chi connectivity index (χ1v) is 10.1. The first-order valence-electron chi connectivity index (χ1n) is 8.21. The van der Waals surface area contributed by atoms with Gasteiger partial charge in [-0.25, -0.2) is 8.42 Å². The summed E-state index contributed by atoms with van der Waals surface area (Å²) in [6.45, 7) is 6.13. The average molecular weight is 369 g/mol. The monoisotopic (exact) mass is 369 g/mol. The molecule has 0 spiro atoms. The molecule has 0 aliphatic rings. The van der Waals surface area contributed by atoms with Crippen LogP contribution < -0.4 is 14.9 Å². The Morgan fingerprint density at radius 3 is 2.48 bits per heavy atom. The molecule has 0 saturated carbocycles. The Morgan fingerprint density at radius 2 is 1.92 bits per heavy atom. The number of carbonyl (C=O) groups is 2. The molecule has 0 fully saturated rings. The molecule has 0 atom stereocenters. The van der Waals surface area contributed by atoms with Gasteiger partial charge in [0.2, 0.25) is 21.8 Å². The van der Waals surface area contributed by atoms with Gasteiger partial charge in [0.05, 0.1) is 11.9 Å². The molecule has 2 amide bonds. The largest absolute Gasteiger partial charge is 0.356 e. The van der Waals surface area contributed by atoms with E-state index < -0.39 is 10.0 Å². The number of hydrogen-bond donors (Lipinski definition) is 2. The van der Waals surface area contributed by atoms with Crippen LogP contribution in [0.1, 0.15) is 33.6 Å². The number of rotatable bonds is 9. The number of carbonyl (C=O) groups excluding carboxylic acids is 2. The predicted octanol–water partition coefficient (Wildman–Crippen LogP) is 1.96. The van der Waals surface area contributed by atoms with Crippen LogP contribution in [0.3, 0.4) is 0 Å². The molecule has 0 aliphatic heterocycles. The van der Waals surface area contributed by atoms with Gasteiger partial charge < -0.3 is 10.6 Å². The molecule has 0 aromatic heterocycles. The van der Waals surface area contributed by atoms with Crippen molar-refractivity contribution in [2.75, 3.05) is 29.0 Å². The fourth-order valence-electron chi connectivity index (χ4n) is 2.22. The topological polar surface area (TPSA) is 95.6 Å². The average Bonchev–Trinajstić information content (AvgIpc) is 2.45. The molecule has 0 unspecified atom stereocenters. The molecule has 0 saturated heterocycles. The summed E-state index contributed by atoms with van der Waals surface area (Å²) in [7, 11) is -3.55. The highest BCUT2D eigenvalue weighted by molar-refractivity contribution is 7.92. The van der Waals surface area contributed by atoms with Crippen LogP contribution >= 0.6 is 0 Å². The SMILES string of the molecule is CC(=O)Nc1cccc(N(CCC(=O)NCCC(C)C)S(C)(=O)=O)c1. The Morgan fingerprint density at radius 1 is 1.24 bits per heavy atom. The van der Waals surface area contributed by atoms with E-state index in [-0.39, 0.29) is 24.8 Å². The summed E-state index contributed by atoms with van der Waals surface area (Å²) in [6, 6.07) is 6.52. The maximum absolute atomic E-state index is 12.1. The summed E-state index contributed by atoms with van der Waals surface area (Å²) >= 11 is 0. The minimum atomic E-state index is -3.55. The van der Waals surface area contributed by atoms with Crippen LogP contribution in [0.4, 0.5) is 11.4 Å². The fourth-order valence-corrected chi connectivity index (χ4v) is 3.14. The number of nitrogens with one attached hydrogen (secondary N) is 2. The summed E-state index contributed by atoms with van der Waals surface area (Å²) in [6.07, 6.45) is 2.03. The van der Waals surface area contributed by atoms with Gasteiger partial charge in [0, 0.05) is 32.1 Å². The Labute approximate surface area is 149 Å². The van der Waals surface area contributed by atoms with Crippen LogP contribution in [-0.4, -0.2) is 39.6 Å². The van der Waals surface area contributed by atoms with Gasteiger partial charge in [-0.05, 0) is 30.5 Å². The summed E-state index contributed by atoms with van der Waals surface area (Å²) in [4.78, 5) is 23.1. The molecule has 0 aliphatic carbocycles. The molecular formula is C17H27N3O4S. The van der Waals surface area contributed by atoms with Gasteiger partial charge in [-0.1, -0.05) is 19.9 Å². The smallest absolute Gasteiger partial charge is 0.232 e. The lowest BCUT2D eigenvalue weighted by atomic mass is 10.1. The van der Waals surface area contributed by atoms with E-state index in [1.807, 2.05) is 0 Å². The number of benzene rings is 1. The third kappa shape index (κ3) is 8.02. The van der Waals surface area contributed by atoms with E-state index in [1.165, 1.54) is 11.2 Å². The van der Waals surface area contributed by atoms with Gasteiger partial charge in [0.25, 0.3) is 0 Å². The van der Waals surface area contributed by atoms with Gasteiger partial charge in [0.15, 0.2) is 0 Å². The Hall–Kier alpha value is -2.09. The maximum atomic E-state index is 12.1. The second-order valence-corrected chi connectivity index (χ2v) is 8.26. The van der Waals surface area contributed by atoms with E-state index in [4.69, 9.17) is 0 Å². The highest BCUT2D eigenvalue weighted by Crippen LogP contribution is 2.22. The van der Waals surface area contributed by atoms with Crippen LogP contribution in [-0.2, 0) is 19.6 Å². The Balaban J connectivity index is 2.79. The summed E-state index contributed by atoms with van der Waals surface area (Å²) in [5.41, 5.74) is 0.906. The van der Waals surface area contributed by atoms with Crippen molar-refractivity contribution in [1.82, 2.24) is 5.32 Å². The molecule has 0 radical (unpaired) electrons. The van der Waals surface area contributed by atoms with Gasteiger partial charge >= 0.3 is 0 Å². The highest BCUT2D eigenvalue weighted by Gasteiger charge is 2.19. The summed E-state index contributed by atoms with van der Waals surface area (Å²) in [5.74, 6) is 0.0595. The quantitative estimate of drug-likeness (QED) is 0.695. The Kier molecular flexibility index (Phi) is 7.89. The maximum Gasteiger partial charge on any atom is 0.232 e. The van der Waals surface area contributed by atoms with Crippen molar-refractivity contribution in [1.29, 1.82) is 0 Å². The van der Waals surface area contributed by atoms with Gasteiger partial charge in [0.1, 0.15) is 0 Å². The van der Waals surface area contributed by atoms with Crippen LogP contribution in [0.5, 0.6) is 0 Å². The number of amides is 2. The molecular weight excluding hydrogens is 342 g/mol. The Bertz CT molecular complexity index is 702. The van der Waals surface area contributed by atoms with Crippen LogP contribution in [0, 0.1) is 5.92 Å². The van der Waals surface area contributed by atoms with Crippen molar-refractivity contribution in [2.24, 2.45) is 5.92 Å². The molecule has 0 heterocycles. The lowest BCUT2D eigenvalue weighted by Gasteiger charge is -2.23. The van der Waals surface area contributed by atoms with Gasteiger partial charge in [-0.15, -0.1) is 0 Å². The number of sulfonamides is 1. The third-order valence-corrected chi connectivity index (χ3v) is 4.63. The van der Waals surface area contributed by atoms with Gasteiger partial charge in [-0.2, -0.15) is 0 Å².